The number of anilines is 1. The van der Waals surface area contributed by atoms with Gasteiger partial charge in [0.1, 0.15) is 18.1 Å². The SMILES string of the molecule is Cc1ccc(C2c3[nH]c4ccccc4c3CC3C(=O)N(c4ccccc4C(=O)NC(C(=O)O)C(C)C)C(=O)N32)cc1. The van der Waals surface area contributed by atoms with Gasteiger partial charge in [-0.2, -0.15) is 0 Å². The Balaban J connectivity index is 1.44. The molecular formula is C32H30N4O5. The number of carboxylic acids is 1. The number of H-pyrrole nitrogens is 1. The van der Waals surface area contributed by atoms with Gasteiger partial charge in [-0.1, -0.05) is 74.0 Å². The van der Waals surface area contributed by atoms with Crippen molar-refractivity contribution in [3.05, 3.63) is 101 Å². The highest BCUT2D eigenvalue weighted by Crippen LogP contribution is 2.45. The highest BCUT2D eigenvalue weighted by atomic mass is 16.4. The van der Waals surface area contributed by atoms with Crippen LogP contribution in [0.3, 0.4) is 0 Å². The Morgan fingerprint density at radius 3 is 2.37 bits per heavy atom. The molecule has 1 saturated heterocycles. The number of rotatable bonds is 6. The summed E-state index contributed by atoms with van der Waals surface area (Å²) >= 11 is 0. The van der Waals surface area contributed by atoms with Crippen LogP contribution in [0.1, 0.15) is 52.6 Å². The highest BCUT2D eigenvalue weighted by Gasteiger charge is 2.53. The third-order valence-corrected chi connectivity index (χ3v) is 8.05. The smallest absolute Gasteiger partial charge is 0.332 e. The zero-order valence-electron chi connectivity index (χ0n) is 22.9. The summed E-state index contributed by atoms with van der Waals surface area (Å²) in [5, 5.41) is 13.2. The first-order valence-electron chi connectivity index (χ1n) is 13.6. The summed E-state index contributed by atoms with van der Waals surface area (Å²) < 4.78 is 0. The summed E-state index contributed by atoms with van der Waals surface area (Å²) in [4.78, 5) is 59.6. The standard InChI is InChI=1S/C32H30N4O5/c1-17(2)26(31(39)40)34-29(37)21-9-5-7-11-24(21)36-30(38)25-16-22-20-8-4-6-10-23(20)33-27(22)28(35(25)32(36)41)19-14-12-18(3)13-15-19/h4-15,17,25-26,28,33H,16H2,1-3H3,(H,34,37)(H,39,40). The Bertz CT molecular complexity index is 1710. The van der Waals surface area contributed by atoms with Crippen LogP contribution in [0.25, 0.3) is 10.9 Å². The van der Waals surface area contributed by atoms with Crippen molar-refractivity contribution >= 4 is 40.4 Å². The van der Waals surface area contributed by atoms with Gasteiger partial charge in [0, 0.05) is 23.0 Å². The number of amides is 4. The molecule has 1 fully saturated rings. The molecule has 0 spiro atoms. The van der Waals surface area contributed by atoms with Gasteiger partial charge in [0.2, 0.25) is 0 Å². The number of carbonyl (C=O) groups is 4. The molecule has 41 heavy (non-hydrogen) atoms. The van der Waals surface area contributed by atoms with E-state index in [1.807, 2.05) is 55.5 Å². The van der Waals surface area contributed by atoms with E-state index in [2.05, 4.69) is 10.3 Å². The number of hydrogen-bond acceptors (Lipinski definition) is 4. The van der Waals surface area contributed by atoms with Gasteiger partial charge < -0.3 is 15.4 Å². The molecule has 2 aliphatic heterocycles. The zero-order valence-corrected chi connectivity index (χ0v) is 22.9. The van der Waals surface area contributed by atoms with E-state index < -0.39 is 41.9 Å². The van der Waals surface area contributed by atoms with Crippen molar-refractivity contribution in [3.63, 3.8) is 0 Å². The van der Waals surface area contributed by atoms with E-state index in [-0.39, 0.29) is 17.2 Å². The lowest BCUT2D eigenvalue weighted by molar-refractivity contribution is -0.140. The fourth-order valence-electron chi connectivity index (χ4n) is 5.98. The fourth-order valence-corrected chi connectivity index (χ4v) is 5.98. The number of carboxylic acid groups (broad SMARTS) is 1. The van der Waals surface area contributed by atoms with E-state index in [4.69, 9.17) is 0 Å². The van der Waals surface area contributed by atoms with E-state index in [1.165, 1.54) is 6.07 Å². The quantitative estimate of drug-likeness (QED) is 0.298. The average Bonchev–Trinajstić information content (AvgIpc) is 3.45. The third-order valence-electron chi connectivity index (χ3n) is 8.05. The monoisotopic (exact) mass is 550 g/mol. The lowest BCUT2D eigenvalue weighted by Crippen LogP contribution is -2.45. The second kappa shape index (κ2) is 9.92. The van der Waals surface area contributed by atoms with Crippen LogP contribution in [-0.4, -0.2) is 50.9 Å². The van der Waals surface area contributed by atoms with Gasteiger partial charge in [-0.3, -0.25) is 14.5 Å². The van der Waals surface area contributed by atoms with E-state index in [0.29, 0.717) is 6.42 Å². The Morgan fingerprint density at radius 1 is 0.976 bits per heavy atom. The van der Waals surface area contributed by atoms with Crippen LogP contribution < -0.4 is 10.2 Å². The lowest BCUT2D eigenvalue weighted by Gasteiger charge is -2.36. The van der Waals surface area contributed by atoms with Crippen molar-refractivity contribution < 1.29 is 24.3 Å². The summed E-state index contributed by atoms with van der Waals surface area (Å²) in [6, 6.07) is 19.1. The van der Waals surface area contributed by atoms with E-state index in [0.717, 1.165) is 38.2 Å². The second-order valence-corrected chi connectivity index (χ2v) is 11.0. The number of urea groups is 1. The summed E-state index contributed by atoms with van der Waals surface area (Å²) in [5.41, 5.74) is 4.90. The molecule has 3 atom stereocenters. The number of nitrogens with one attached hydrogen (secondary N) is 2. The minimum Gasteiger partial charge on any atom is -0.480 e. The maximum absolute atomic E-state index is 14.2. The molecule has 4 aromatic rings. The minimum absolute atomic E-state index is 0.0526. The number of carbonyl (C=O) groups excluding carboxylic acids is 3. The molecule has 1 aromatic heterocycles. The van der Waals surface area contributed by atoms with Crippen LogP contribution in [-0.2, 0) is 16.0 Å². The van der Waals surface area contributed by atoms with Crippen molar-refractivity contribution in [2.75, 3.05) is 4.90 Å². The molecule has 0 saturated carbocycles. The number of aromatic amines is 1. The summed E-state index contributed by atoms with van der Waals surface area (Å²) in [5.74, 6) is -2.63. The van der Waals surface area contributed by atoms with Gasteiger partial charge in [0.05, 0.1) is 11.3 Å². The third kappa shape index (κ3) is 4.25. The molecule has 3 unspecified atom stereocenters. The van der Waals surface area contributed by atoms with Crippen molar-refractivity contribution in [2.45, 2.75) is 45.3 Å². The topological polar surface area (TPSA) is 123 Å². The number of para-hydroxylation sites is 2. The summed E-state index contributed by atoms with van der Waals surface area (Å²) in [7, 11) is 0. The van der Waals surface area contributed by atoms with Gasteiger partial charge in [0.15, 0.2) is 0 Å². The number of benzene rings is 3. The van der Waals surface area contributed by atoms with Gasteiger partial charge in [0.25, 0.3) is 11.8 Å². The van der Waals surface area contributed by atoms with Crippen LogP contribution >= 0.6 is 0 Å². The molecule has 9 heteroatoms. The Kier molecular flexibility index (Phi) is 6.37. The van der Waals surface area contributed by atoms with Gasteiger partial charge in [-0.25, -0.2) is 14.5 Å². The molecule has 208 valence electrons. The van der Waals surface area contributed by atoms with Gasteiger partial charge >= 0.3 is 12.0 Å². The van der Waals surface area contributed by atoms with Crippen molar-refractivity contribution in [2.24, 2.45) is 5.92 Å². The molecule has 0 bridgehead atoms. The molecule has 0 aliphatic carbocycles. The normalized spacial score (nSPS) is 18.9. The Labute approximate surface area is 236 Å². The van der Waals surface area contributed by atoms with Crippen molar-refractivity contribution in [1.82, 2.24) is 15.2 Å². The van der Waals surface area contributed by atoms with Crippen LogP contribution in [0.4, 0.5) is 10.5 Å². The first kappa shape index (κ1) is 26.3. The van der Waals surface area contributed by atoms with E-state index in [1.54, 1.807) is 36.9 Å². The van der Waals surface area contributed by atoms with Crippen molar-refractivity contribution in [1.29, 1.82) is 0 Å². The maximum atomic E-state index is 14.2. The average molecular weight is 551 g/mol. The van der Waals surface area contributed by atoms with E-state index in [9.17, 15) is 24.3 Å². The molecular weight excluding hydrogens is 520 g/mol. The molecule has 2 aliphatic rings. The first-order valence-corrected chi connectivity index (χ1v) is 13.6. The van der Waals surface area contributed by atoms with Gasteiger partial charge in [-0.15, -0.1) is 0 Å². The number of imide groups is 1. The molecule has 3 heterocycles. The number of nitrogens with zero attached hydrogens (tertiary/aromatic N) is 2. The number of aryl methyl sites for hydroxylation is 1. The number of aliphatic carboxylic acids is 1. The maximum Gasteiger partial charge on any atom is 0.332 e. The second-order valence-electron chi connectivity index (χ2n) is 11.0. The molecule has 6 rings (SSSR count). The molecule has 3 N–H and O–H groups in total. The largest absolute Gasteiger partial charge is 0.480 e. The number of hydrogen-bond donors (Lipinski definition) is 3. The van der Waals surface area contributed by atoms with Crippen LogP contribution in [0.2, 0.25) is 0 Å². The Hall–Kier alpha value is -4.92. The summed E-state index contributed by atoms with van der Waals surface area (Å²) in [6.45, 7) is 5.38. The summed E-state index contributed by atoms with van der Waals surface area (Å²) in [6.07, 6.45) is 0.325. The number of aromatic nitrogens is 1. The van der Waals surface area contributed by atoms with Gasteiger partial charge in [-0.05, 0) is 42.2 Å². The van der Waals surface area contributed by atoms with Crippen molar-refractivity contribution in [3.8, 4) is 0 Å². The minimum atomic E-state index is -1.16. The predicted molar refractivity (Wildman–Crippen MR) is 154 cm³/mol. The van der Waals surface area contributed by atoms with Crippen LogP contribution in [0.15, 0.2) is 72.8 Å². The first-order chi connectivity index (χ1) is 19.7. The molecule has 0 radical (unpaired) electrons. The molecule has 4 amide bonds. The van der Waals surface area contributed by atoms with Crippen LogP contribution in [0, 0.1) is 12.8 Å². The predicted octanol–water partition coefficient (Wildman–Crippen LogP) is 4.80. The lowest BCUT2D eigenvalue weighted by atomic mass is 9.88. The Morgan fingerprint density at radius 2 is 1.66 bits per heavy atom. The number of fused-ring (bicyclic) bond motifs is 4. The van der Waals surface area contributed by atoms with E-state index >= 15 is 0 Å². The zero-order chi connectivity index (χ0) is 29.0. The molecule has 3 aromatic carbocycles. The highest BCUT2D eigenvalue weighted by molar-refractivity contribution is 6.24. The fraction of sp³-hybridized carbons (Fsp3) is 0.250. The molecule has 9 nitrogen and oxygen atoms in total. The van der Waals surface area contributed by atoms with Crippen LogP contribution in [0.5, 0.6) is 0 Å².